The van der Waals surface area contributed by atoms with E-state index in [1.807, 2.05) is 0 Å². The second kappa shape index (κ2) is 14.8. The number of hydrogen-bond donors (Lipinski definition) is 1. The van der Waals surface area contributed by atoms with E-state index in [-0.39, 0.29) is 41.6 Å². The van der Waals surface area contributed by atoms with Gasteiger partial charge in [-0.15, -0.1) is 0 Å². The monoisotopic (exact) mass is 362 g/mol. The smallest absolute Gasteiger partial charge is 0.872 e. The first kappa shape index (κ1) is 24.6. The van der Waals surface area contributed by atoms with Crippen molar-refractivity contribution in [2.75, 3.05) is 6.61 Å². The Bertz CT molecular complexity index is 434. The first-order chi connectivity index (χ1) is 11.6. The zero-order valence-corrected chi connectivity index (χ0v) is 17.8. The maximum Gasteiger partial charge on any atom is 1.00 e. The summed E-state index contributed by atoms with van der Waals surface area (Å²) in [7, 11) is 0. The number of aliphatic hydroxyl groups is 1. The molecule has 0 saturated carbocycles. The number of esters is 1. The molecule has 1 unspecified atom stereocenters. The summed E-state index contributed by atoms with van der Waals surface area (Å²) in [4.78, 5) is 23.4. The Labute approximate surface area is 173 Å². The third-order valence-electron chi connectivity index (χ3n) is 4.44. The minimum absolute atomic E-state index is 0. The quantitative estimate of drug-likeness (QED) is 0.200. The van der Waals surface area contributed by atoms with Crippen LogP contribution < -0.4 is 34.7 Å². The van der Waals surface area contributed by atoms with Crippen LogP contribution in [0.4, 0.5) is 0 Å². The van der Waals surface area contributed by atoms with Crippen LogP contribution in [0.3, 0.4) is 0 Å². The van der Waals surface area contributed by atoms with Gasteiger partial charge in [-0.05, 0) is 6.42 Å². The van der Waals surface area contributed by atoms with Gasteiger partial charge in [-0.2, -0.15) is 0 Å². The van der Waals surface area contributed by atoms with Crippen molar-refractivity contribution in [1.29, 1.82) is 0 Å². The maximum atomic E-state index is 11.9. The molecule has 0 saturated heterocycles. The van der Waals surface area contributed by atoms with Gasteiger partial charge in [0.05, 0.1) is 12.2 Å². The van der Waals surface area contributed by atoms with Crippen LogP contribution in [0.2, 0.25) is 0 Å². The van der Waals surface area contributed by atoms with Gasteiger partial charge in [0.15, 0.2) is 5.78 Å². The Kier molecular flexibility index (Phi) is 14.6. The van der Waals surface area contributed by atoms with Gasteiger partial charge in [0.2, 0.25) is 0 Å². The molecule has 0 amide bonds. The van der Waals surface area contributed by atoms with E-state index in [1.165, 1.54) is 51.4 Å². The van der Waals surface area contributed by atoms with Crippen molar-refractivity contribution in [2.24, 2.45) is 0 Å². The van der Waals surface area contributed by atoms with Crippen LogP contribution >= 0.6 is 0 Å². The van der Waals surface area contributed by atoms with E-state index in [0.717, 1.165) is 12.8 Å². The average molecular weight is 362 g/mol. The SMILES string of the molecule is CCCCCCCCCCCCCC(=O)C1=C([O-])C(CO)OC1=O.[Na+]. The summed E-state index contributed by atoms with van der Waals surface area (Å²) in [5.41, 5.74) is -0.388. The van der Waals surface area contributed by atoms with Gasteiger partial charge in [0.25, 0.3) is 0 Å². The minimum atomic E-state index is -1.19. The zero-order valence-electron chi connectivity index (χ0n) is 15.8. The maximum absolute atomic E-state index is 11.9. The molecule has 1 aliphatic heterocycles. The van der Waals surface area contributed by atoms with E-state index in [2.05, 4.69) is 11.7 Å². The standard InChI is InChI=1S/C19H32O5.Na/c1-2-3-4-5-6-7-8-9-10-11-12-13-15(21)17-18(22)16(14-20)24-19(17)23;/h16,20,22H,2-14H2,1H3;/q;+1/p-1. The van der Waals surface area contributed by atoms with Crippen LogP contribution in [0.15, 0.2) is 11.3 Å². The third-order valence-corrected chi connectivity index (χ3v) is 4.44. The predicted octanol–water partition coefficient (Wildman–Crippen LogP) is -0.207. The molecule has 6 heteroatoms. The number of ketones is 1. The van der Waals surface area contributed by atoms with Gasteiger partial charge in [-0.3, -0.25) is 4.79 Å². The fourth-order valence-corrected chi connectivity index (χ4v) is 2.95. The van der Waals surface area contributed by atoms with Crippen LogP contribution in [0.25, 0.3) is 0 Å². The van der Waals surface area contributed by atoms with E-state index in [1.54, 1.807) is 0 Å². The van der Waals surface area contributed by atoms with Crippen LogP contribution in [0.5, 0.6) is 0 Å². The van der Waals surface area contributed by atoms with Crippen LogP contribution in [-0.2, 0) is 14.3 Å². The van der Waals surface area contributed by atoms with Crippen molar-refractivity contribution < 1.29 is 54.1 Å². The second-order valence-corrected chi connectivity index (χ2v) is 6.52. The summed E-state index contributed by atoms with van der Waals surface area (Å²) >= 11 is 0. The molecule has 5 nitrogen and oxygen atoms in total. The van der Waals surface area contributed by atoms with E-state index in [9.17, 15) is 14.7 Å². The molecule has 0 aromatic heterocycles. The summed E-state index contributed by atoms with van der Waals surface area (Å²) in [6.07, 6.45) is 12.0. The minimum Gasteiger partial charge on any atom is -0.872 e. The van der Waals surface area contributed by atoms with Crippen LogP contribution in [0, 0.1) is 0 Å². The predicted molar refractivity (Wildman–Crippen MR) is 90.1 cm³/mol. The van der Waals surface area contributed by atoms with Crippen LogP contribution in [-0.4, -0.2) is 29.6 Å². The normalized spacial score (nSPS) is 16.7. The first-order valence-electron chi connectivity index (χ1n) is 9.38. The molecule has 25 heavy (non-hydrogen) atoms. The number of rotatable bonds is 14. The molecule has 0 radical (unpaired) electrons. The summed E-state index contributed by atoms with van der Waals surface area (Å²) in [5.74, 6) is -2.00. The van der Waals surface area contributed by atoms with Crippen molar-refractivity contribution in [1.82, 2.24) is 0 Å². The number of cyclic esters (lactones) is 1. The molecule has 1 atom stereocenters. The topological polar surface area (TPSA) is 86.7 Å². The Hall–Kier alpha value is -0.360. The molecule has 0 aromatic rings. The van der Waals surface area contributed by atoms with Gasteiger partial charge in [0, 0.05) is 6.42 Å². The molecule has 1 heterocycles. The average Bonchev–Trinajstić information content (AvgIpc) is 2.86. The molecule has 0 bridgehead atoms. The van der Waals surface area contributed by atoms with Gasteiger partial charge < -0.3 is 14.9 Å². The van der Waals surface area contributed by atoms with Gasteiger partial charge in [-0.1, -0.05) is 76.9 Å². The Morgan fingerprint density at radius 3 is 1.92 bits per heavy atom. The molecule has 138 valence electrons. The molecule has 0 fully saturated rings. The number of Topliss-reactive ketones (excluding diaryl/α,β-unsaturated/α-hetero) is 1. The summed E-state index contributed by atoms with van der Waals surface area (Å²) in [5, 5.41) is 20.6. The van der Waals surface area contributed by atoms with E-state index in [0.29, 0.717) is 6.42 Å². The first-order valence-corrected chi connectivity index (χ1v) is 9.38. The number of unbranched alkanes of at least 4 members (excludes halogenated alkanes) is 10. The number of carbonyl (C=O) groups excluding carboxylic acids is 2. The van der Waals surface area contributed by atoms with Gasteiger partial charge >= 0.3 is 35.5 Å². The van der Waals surface area contributed by atoms with E-state index < -0.39 is 30.2 Å². The molecule has 0 aromatic carbocycles. The van der Waals surface area contributed by atoms with Crippen LogP contribution in [0.1, 0.15) is 84.0 Å². The Morgan fingerprint density at radius 2 is 1.48 bits per heavy atom. The summed E-state index contributed by atoms with van der Waals surface area (Å²) < 4.78 is 4.67. The van der Waals surface area contributed by atoms with Gasteiger partial charge in [0.1, 0.15) is 6.10 Å². The second-order valence-electron chi connectivity index (χ2n) is 6.52. The molecular weight excluding hydrogens is 331 g/mol. The van der Waals surface area contributed by atoms with E-state index in [4.69, 9.17) is 5.11 Å². The number of aliphatic hydroxyl groups excluding tert-OH is 1. The third kappa shape index (κ3) is 9.23. The largest absolute Gasteiger partial charge is 1.00 e. The van der Waals surface area contributed by atoms with Crippen molar-refractivity contribution in [3.05, 3.63) is 11.3 Å². The Morgan fingerprint density at radius 1 is 1.00 bits per heavy atom. The van der Waals surface area contributed by atoms with Crippen molar-refractivity contribution in [3.63, 3.8) is 0 Å². The number of hydrogen-bond acceptors (Lipinski definition) is 5. The fraction of sp³-hybridized carbons (Fsp3) is 0.789. The molecule has 0 spiro atoms. The number of ether oxygens (including phenoxy) is 1. The summed E-state index contributed by atoms with van der Waals surface area (Å²) in [6, 6.07) is 0. The fourth-order valence-electron chi connectivity index (χ4n) is 2.95. The molecular formula is C19H31NaO5. The molecule has 0 aliphatic carbocycles. The van der Waals surface area contributed by atoms with Crippen molar-refractivity contribution in [3.8, 4) is 0 Å². The van der Waals surface area contributed by atoms with Gasteiger partial charge in [-0.25, -0.2) is 4.79 Å². The number of carbonyl (C=O) groups is 2. The van der Waals surface area contributed by atoms with Crippen molar-refractivity contribution >= 4 is 11.8 Å². The Balaban J connectivity index is 0.00000576. The van der Waals surface area contributed by atoms with E-state index >= 15 is 0 Å². The summed E-state index contributed by atoms with van der Waals surface area (Å²) in [6.45, 7) is 1.65. The molecule has 1 N–H and O–H groups in total. The molecule has 1 aliphatic rings. The molecule has 1 rings (SSSR count). The van der Waals surface area contributed by atoms with Crippen molar-refractivity contribution in [2.45, 2.75) is 90.1 Å². The zero-order chi connectivity index (χ0) is 17.8.